The van der Waals surface area contributed by atoms with Gasteiger partial charge >= 0.3 is 19.5 Å². The van der Waals surface area contributed by atoms with Crippen molar-refractivity contribution in [3.05, 3.63) is 199 Å². The quantitative estimate of drug-likeness (QED) is 0.120. The number of carbonyl (C=O) groups is 2. The fourth-order valence-electron chi connectivity index (χ4n) is 7.03. The Morgan fingerprint density at radius 1 is 0.491 bits per heavy atom. The summed E-state index contributed by atoms with van der Waals surface area (Å²) >= 11 is 0. The van der Waals surface area contributed by atoms with E-state index in [1.165, 1.54) is 0 Å². The van der Waals surface area contributed by atoms with Crippen molar-refractivity contribution in [3.63, 3.8) is 0 Å². The van der Waals surface area contributed by atoms with E-state index in [0.717, 1.165) is 73.4 Å². The molecule has 280 valence electrons. The molecule has 0 saturated heterocycles. The topological polar surface area (TPSA) is 110 Å². The first kappa shape index (κ1) is 38.8. The average molecular weight is 753 g/mol. The molecule has 0 unspecified atom stereocenters. The monoisotopic (exact) mass is 752 g/mol. The van der Waals surface area contributed by atoms with Gasteiger partial charge in [0.25, 0.3) is 0 Å². The second-order valence-electron chi connectivity index (χ2n) is 14.3. The summed E-state index contributed by atoms with van der Waals surface area (Å²) in [7, 11) is -4.15. The van der Waals surface area contributed by atoms with Crippen LogP contribution in [-0.2, 0) is 39.3 Å². The Morgan fingerprint density at radius 2 is 0.836 bits per heavy atom. The Hall–Kier alpha value is -5.91. The van der Waals surface area contributed by atoms with Crippen molar-refractivity contribution < 1.29 is 33.4 Å². The molecule has 0 aliphatic rings. The number of hydrogen-bond acceptors (Lipinski definition) is 7. The standard InChI is InChI=1S/C47H45O7P/c1-30-20-40(21-31(2)42(30)28-36-16-18-44(48)38(26-36)24-34-12-8-6-9-13-34)46(50)53-55(5,52)54-47(51)41-22-32(3)43(33(4)23-41)29-37-17-19-45(49)39(27-37)25-35-14-10-7-11-15-35/h6-23,26-27,48-49H,24-25,28-29H2,1-5H3. The van der Waals surface area contributed by atoms with Gasteiger partial charge < -0.3 is 19.3 Å². The van der Waals surface area contributed by atoms with Crippen molar-refractivity contribution in [3.8, 4) is 11.5 Å². The van der Waals surface area contributed by atoms with Crippen LogP contribution in [0.2, 0.25) is 0 Å². The second kappa shape index (κ2) is 16.6. The lowest BCUT2D eigenvalue weighted by atomic mass is 9.92. The summed E-state index contributed by atoms with van der Waals surface area (Å²) < 4.78 is 24.0. The van der Waals surface area contributed by atoms with Crippen LogP contribution in [-0.4, -0.2) is 28.8 Å². The fraction of sp³-hybridized carbons (Fsp3) is 0.191. The van der Waals surface area contributed by atoms with Crippen molar-refractivity contribution in [2.75, 3.05) is 6.66 Å². The molecule has 2 N–H and O–H groups in total. The average Bonchev–Trinajstić information content (AvgIpc) is 3.14. The van der Waals surface area contributed by atoms with E-state index < -0.39 is 19.5 Å². The highest BCUT2D eigenvalue weighted by Crippen LogP contribution is 2.46. The predicted octanol–water partition coefficient (Wildman–Crippen LogP) is 10.5. The number of rotatable bonds is 12. The molecule has 0 spiro atoms. The molecule has 0 aromatic heterocycles. The minimum absolute atomic E-state index is 0.199. The molecule has 0 atom stereocenters. The molecule has 0 amide bonds. The predicted molar refractivity (Wildman–Crippen MR) is 217 cm³/mol. The number of aryl methyl sites for hydroxylation is 4. The first-order valence-corrected chi connectivity index (χ1v) is 20.2. The third-order valence-electron chi connectivity index (χ3n) is 9.89. The molecule has 7 nitrogen and oxygen atoms in total. The minimum atomic E-state index is -4.15. The molecule has 0 saturated carbocycles. The summed E-state index contributed by atoms with van der Waals surface area (Å²) in [6.07, 6.45) is 2.38. The van der Waals surface area contributed by atoms with E-state index in [1.807, 2.05) is 113 Å². The van der Waals surface area contributed by atoms with Crippen LogP contribution in [0.4, 0.5) is 0 Å². The Bertz CT molecular complexity index is 2210. The van der Waals surface area contributed by atoms with Crippen molar-refractivity contribution in [2.45, 2.75) is 53.4 Å². The smallest absolute Gasteiger partial charge is 0.432 e. The lowest BCUT2D eigenvalue weighted by molar-refractivity contribution is 0.0634. The number of carbonyl (C=O) groups excluding carboxylic acids is 2. The largest absolute Gasteiger partial charge is 0.508 e. The highest BCUT2D eigenvalue weighted by Gasteiger charge is 2.29. The van der Waals surface area contributed by atoms with Crippen molar-refractivity contribution in [1.82, 2.24) is 0 Å². The SMILES string of the molecule is Cc1cc(C(=O)OP(C)(=O)OC(=O)c2cc(C)c(Cc3ccc(O)c(Cc4ccccc4)c3)c(C)c2)cc(C)c1Cc1ccc(O)c(Cc2ccccc2)c1. The lowest BCUT2D eigenvalue weighted by Gasteiger charge is -2.17. The maximum absolute atomic E-state index is 13.4. The van der Waals surface area contributed by atoms with Crippen molar-refractivity contribution in [1.29, 1.82) is 0 Å². The van der Waals surface area contributed by atoms with Gasteiger partial charge in [0.1, 0.15) is 11.5 Å². The van der Waals surface area contributed by atoms with Gasteiger partial charge in [-0.3, -0.25) is 0 Å². The van der Waals surface area contributed by atoms with Crippen molar-refractivity contribution in [2.24, 2.45) is 0 Å². The molecular weight excluding hydrogens is 707 g/mol. The Morgan fingerprint density at radius 3 is 1.18 bits per heavy atom. The van der Waals surface area contributed by atoms with Crippen LogP contribution < -0.4 is 0 Å². The van der Waals surface area contributed by atoms with Gasteiger partial charge in [0.15, 0.2) is 0 Å². The zero-order valence-corrected chi connectivity index (χ0v) is 32.7. The summed E-state index contributed by atoms with van der Waals surface area (Å²) in [4.78, 5) is 26.5. The molecule has 0 radical (unpaired) electrons. The lowest BCUT2D eigenvalue weighted by Crippen LogP contribution is -2.11. The van der Waals surface area contributed by atoms with Crippen LogP contribution in [0.1, 0.15) is 87.5 Å². The zero-order valence-electron chi connectivity index (χ0n) is 31.8. The van der Waals surface area contributed by atoms with Gasteiger partial charge in [0, 0.05) is 12.8 Å². The molecule has 6 rings (SSSR count). The van der Waals surface area contributed by atoms with Crippen LogP contribution in [0, 0.1) is 27.7 Å². The second-order valence-corrected chi connectivity index (χ2v) is 16.2. The number of phenolic OH excluding ortho intramolecular Hbond substituents is 2. The van der Waals surface area contributed by atoms with Gasteiger partial charge in [-0.15, -0.1) is 0 Å². The van der Waals surface area contributed by atoms with E-state index in [9.17, 15) is 24.4 Å². The summed E-state index contributed by atoms with van der Waals surface area (Å²) in [5.41, 5.74) is 11.7. The number of hydrogen-bond donors (Lipinski definition) is 2. The third-order valence-corrected chi connectivity index (χ3v) is 10.9. The minimum Gasteiger partial charge on any atom is -0.508 e. The maximum Gasteiger partial charge on any atom is 0.432 e. The summed E-state index contributed by atoms with van der Waals surface area (Å²) in [5.74, 6) is -1.22. The molecule has 0 fully saturated rings. The molecular formula is C47H45O7P. The van der Waals surface area contributed by atoms with Crippen LogP contribution in [0.5, 0.6) is 11.5 Å². The van der Waals surface area contributed by atoms with Gasteiger partial charge in [-0.1, -0.05) is 84.9 Å². The fourth-order valence-corrected chi connectivity index (χ4v) is 7.88. The molecule has 0 aliphatic heterocycles. The zero-order chi connectivity index (χ0) is 39.3. The Balaban J connectivity index is 1.10. The molecule has 0 aliphatic carbocycles. The summed E-state index contributed by atoms with van der Waals surface area (Å²) in [6.45, 7) is 8.71. The first-order valence-electron chi connectivity index (χ1n) is 18.2. The molecule has 6 aromatic carbocycles. The normalized spacial score (nSPS) is 11.3. The maximum atomic E-state index is 13.4. The van der Waals surface area contributed by atoms with Gasteiger partial charge in [0.05, 0.1) is 17.8 Å². The van der Waals surface area contributed by atoms with E-state index in [4.69, 9.17) is 9.05 Å². The van der Waals surface area contributed by atoms with Gasteiger partial charge in [-0.25, -0.2) is 14.2 Å². The molecule has 0 heterocycles. The third kappa shape index (κ3) is 9.80. The van der Waals surface area contributed by atoms with Gasteiger partial charge in [0.2, 0.25) is 0 Å². The van der Waals surface area contributed by atoms with E-state index in [0.29, 0.717) is 25.7 Å². The van der Waals surface area contributed by atoms with E-state index in [1.54, 1.807) is 36.4 Å². The van der Waals surface area contributed by atoms with E-state index in [2.05, 4.69) is 0 Å². The van der Waals surface area contributed by atoms with Crippen LogP contribution in [0.25, 0.3) is 0 Å². The Kier molecular flexibility index (Phi) is 11.7. The van der Waals surface area contributed by atoms with Crippen LogP contribution in [0.3, 0.4) is 0 Å². The highest BCUT2D eigenvalue weighted by atomic mass is 31.2. The molecule has 55 heavy (non-hydrogen) atoms. The summed E-state index contributed by atoms with van der Waals surface area (Å²) in [5, 5.41) is 21.0. The number of aromatic hydroxyl groups is 2. The van der Waals surface area contributed by atoms with E-state index in [-0.39, 0.29) is 22.6 Å². The Labute approximate surface area is 322 Å². The van der Waals surface area contributed by atoms with Crippen LogP contribution in [0.15, 0.2) is 121 Å². The highest BCUT2D eigenvalue weighted by molar-refractivity contribution is 7.54. The summed E-state index contributed by atoms with van der Waals surface area (Å²) in [6, 6.07) is 37.8. The molecule has 8 heteroatoms. The van der Waals surface area contributed by atoms with Gasteiger partial charge in [-0.2, -0.15) is 0 Å². The van der Waals surface area contributed by atoms with Crippen LogP contribution >= 0.6 is 7.60 Å². The number of benzene rings is 6. The first-order chi connectivity index (χ1) is 26.2. The molecule has 6 aromatic rings. The molecule has 0 bridgehead atoms. The van der Waals surface area contributed by atoms with Gasteiger partial charge in [-0.05, 0) is 144 Å². The van der Waals surface area contributed by atoms with E-state index >= 15 is 0 Å². The van der Waals surface area contributed by atoms with Crippen molar-refractivity contribution >= 4 is 19.5 Å². The number of phenols is 2.